The van der Waals surface area contributed by atoms with Crippen molar-refractivity contribution < 1.29 is 14.3 Å². The van der Waals surface area contributed by atoms with E-state index in [1.807, 2.05) is 6.92 Å². The predicted octanol–water partition coefficient (Wildman–Crippen LogP) is 3.42. The number of carbonyl (C=O) groups excluding carboxylic acids is 2. The van der Waals surface area contributed by atoms with Crippen molar-refractivity contribution in [1.29, 1.82) is 0 Å². The summed E-state index contributed by atoms with van der Waals surface area (Å²) in [6, 6.07) is 0. The fraction of sp³-hybridized carbons (Fsp3) is 0.444. The van der Waals surface area contributed by atoms with Crippen molar-refractivity contribution in [3.63, 3.8) is 0 Å². The van der Waals surface area contributed by atoms with Gasteiger partial charge in [0.1, 0.15) is 5.76 Å². The van der Waals surface area contributed by atoms with Gasteiger partial charge in [-0.2, -0.15) is 0 Å². The molecular formula is C18H27NO3. The molecule has 0 aromatic carbocycles. The molecule has 0 aromatic heterocycles. The molecule has 4 heteroatoms. The fourth-order valence-corrected chi connectivity index (χ4v) is 1.82. The molecule has 0 aliphatic rings. The Hall–Kier alpha value is -1.94. The van der Waals surface area contributed by atoms with Crippen molar-refractivity contribution in [1.82, 2.24) is 4.90 Å². The predicted molar refractivity (Wildman–Crippen MR) is 90.4 cm³/mol. The first-order valence-corrected chi connectivity index (χ1v) is 7.59. The summed E-state index contributed by atoms with van der Waals surface area (Å²) in [7, 11) is 0. The van der Waals surface area contributed by atoms with Gasteiger partial charge in [0, 0.05) is 25.5 Å². The minimum Gasteiger partial charge on any atom is -0.426 e. The summed E-state index contributed by atoms with van der Waals surface area (Å²) >= 11 is 0. The normalized spacial score (nSPS) is 12.8. The van der Waals surface area contributed by atoms with Gasteiger partial charge in [0.25, 0.3) is 0 Å². The smallest absolute Gasteiger partial charge is 0.308 e. The van der Waals surface area contributed by atoms with Gasteiger partial charge in [-0.3, -0.25) is 9.59 Å². The highest BCUT2D eigenvalue weighted by Gasteiger charge is 2.05. The molecule has 0 unspecified atom stereocenters. The number of allylic oxidation sites excluding steroid dienone is 6. The summed E-state index contributed by atoms with van der Waals surface area (Å²) in [5, 5.41) is 0. The zero-order chi connectivity index (χ0) is 17.0. The monoisotopic (exact) mass is 305 g/mol. The first kappa shape index (κ1) is 20.1. The maximum Gasteiger partial charge on any atom is 0.308 e. The van der Waals surface area contributed by atoms with E-state index in [4.69, 9.17) is 4.74 Å². The number of rotatable bonds is 10. The number of nitrogens with zero attached hydrogens (tertiary/aromatic N) is 1. The Morgan fingerprint density at radius 2 is 1.77 bits per heavy atom. The van der Waals surface area contributed by atoms with Crippen LogP contribution in [0.2, 0.25) is 0 Å². The lowest BCUT2D eigenvalue weighted by atomic mass is 10.1. The Bertz CT molecular complexity index is 469. The minimum atomic E-state index is -0.409. The molecule has 22 heavy (non-hydrogen) atoms. The van der Waals surface area contributed by atoms with Gasteiger partial charge in [-0.1, -0.05) is 32.6 Å². The lowest BCUT2D eigenvalue weighted by Crippen LogP contribution is -2.25. The zero-order valence-electron chi connectivity index (χ0n) is 14.1. The van der Waals surface area contributed by atoms with Crippen LogP contribution in [0, 0.1) is 0 Å². The van der Waals surface area contributed by atoms with Gasteiger partial charge >= 0.3 is 5.97 Å². The van der Waals surface area contributed by atoms with E-state index >= 15 is 0 Å². The van der Waals surface area contributed by atoms with E-state index in [0.717, 1.165) is 19.6 Å². The highest BCUT2D eigenvalue weighted by molar-refractivity contribution is 5.90. The van der Waals surface area contributed by atoms with E-state index in [-0.39, 0.29) is 5.78 Å². The second-order valence-corrected chi connectivity index (χ2v) is 4.69. The fourth-order valence-electron chi connectivity index (χ4n) is 1.82. The van der Waals surface area contributed by atoms with Crippen LogP contribution < -0.4 is 0 Å². The third-order valence-corrected chi connectivity index (χ3v) is 3.09. The van der Waals surface area contributed by atoms with E-state index in [1.165, 1.54) is 13.0 Å². The zero-order valence-corrected chi connectivity index (χ0v) is 14.1. The SMILES string of the molecule is C=CC(/C=C/C(=O)CCN(CC)CC)=C(\C=C/C)OC(C)=O. The standard InChI is InChI=1S/C18H27NO3/c1-6-10-18(22-15(5)20)16(7-2)11-12-17(21)13-14-19(8-3)9-4/h6-7,10-12H,2,8-9,13-14H2,1,3-5H3/b10-6-,12-11+,18-16-. The molecule has 122 valence electrons. The van der Waals surface area contributed by atoms with E-state index in [9.17, 15) is 9.59 Å². The van der Waals surface area contributed by atoms with Crippen LogP contribution in [0.5, 0.6) is 0 Å². The molecule has 0 aliphatic carbocycles. The number of carbonyl (C=O) groups is 2. The molecule has 0 spiro atoms. The summed E-state index contributed by atoms with van der Waals surface area (Å²) < 4.78 is 5.12. The Kier molecular flexibility index (Phi) is 10.7. The molecule has 0 heterocycles. The molecule has 0 saturated carbocycles. The summed E-state index contributed by atoms with van der Waals surface area (Å²) in [6.45, 7) is 13.6. The van der Waals surface area contributed by atoms with Crippen LogP contribution in [-0.4, -0.2) is 36.3 Å². The average Bonchev–Trinajstić information content (AvgIpc) is 2.48. The Labute approximate surface area is 133 Å². The Balaban J connectivity index is 4.92. The van der Waals surface area contributed by atoms with Gasteiger partial charge in [-0.25, -0.2) is 0 Å². The van der Waals surface area contributed by atoms with Crippen LogP contribution in [0.25, 0.3) is 0 Å². The summed E-state index contributed by atoms with van der Waals surface area (Å²) in [5.41, 5.74) is 0.601. The van der Waals surface area contributed by atoms with Crippen molar-refractivity contribution >= 4 is 11.8 Å². The molecule has 4 nitrogen and oxygen atoms in total. The van der Waals surface area contributed by atoms with Crippen molar-refractivity contribution in [2.45, 2.75) is 34.1 Å². The molecule has 0 amide bonds. The van der Waals surface area contributed by atoms with Crippen molar-refractivity contribution in [3.05, 3.63) is 48.3 Å². The highest BCUT2D eigenvalue weighted by atomic mass is 16.5. The molecule has 0 fully saturated rings. The van der Waals surface area contributed by atoms with Gasteiger partial charge in [0.15, 0.2) is 5.78 Å². The van der Waals surface area contributed by atoms with Crippen LogP contribution in [0.1, 0.15) is 34.1 Å². The van der Waals surface area contributed by atoms with Gasteiger partial charge in [-0.15, -0.1) is 0 Å². The maximum atomic E-state index is 11.9. The number of esters is 1. The first-order valence-electron chi connectivity index (χ1n) is 7.59. The third kappa shape index (κ3) is 8.37. The largest absolute Gasteiger partial charge is 0.426 e. The van der Waals surface area contributed by atoms with Crippen LogP contribution in [0.3, 0.4) is 0 Å². The lowest BCUT2D eigenvalue weighted by molar-refractivity contribution is -0.136. The molecule has 0 aromatic rings. The summed E-state index contributed by atoms with van der Waals surface area (Å²) in [6.07, 6.45) is 8.60. The second kappa shape index (κ2) is 11.7. The third-order valence-electron chi connectivity index (χ3n) is 3.09. The quantitative estimate of drug-likeness (QED) is 0.268. The van der Waals surface area contributed by atoms with Crippen LogP contribution in [-0.2, 0) is 14.3 Å². The Morgan fingerprint density at radius 3 is 2.23 bits per heavy atom. The Morgan fingerprint density at radius 1 is 1.14 bits per heavy atom. The van der Waals surface area contributed by atoms with Crippen LogP contribution in [0.4, 0.5) is 0 Å². The number of hydrogen-bond acceptors (Lipinski definition) is 4. The lowest BCUT2D eigenvalue weighted by Gasteiger charge is -2.16. The molecule has 0 N–H and O–H groups in total. The molecular weight excluding hydrogens is 278 g/mol. The molecule has 0 radical (unpaired) electrons. The van der Waals surface area contributed by atoms with Gasteiger partial charge in [0.05, 0.1) is 0 Å². The van der Waals surface area contributed by atoms with Gasteiger partial charge in [-0.05, 0) is 38.2 Å². The minimum absolute atomic E-state index is 0.0360. The molecule has 0 rings (SSSR count). The average molecular weight is 305 g/mol. The van der Waals surface area contributed by atoms with Gasteiger partial charge in [0.2, 0.25) is 0 Å². The number of ketones is 1. The van der Waals surface area contributed by atoms with Crippen LogP contribution >= 0.6 is 0 Å². The highest BCUT2D eigenvalue weighted by Crippen LogP contribution is 2.12. The van der Waals surface area contributed by atoms with Crippen molar-refractivity contribution in [2.75, 3.05) is 19.6 Å². The summed E-state index contributed by atoms with van der Waals surface area (Å²) in [4.78, 5) is 25.2. The topological polar surface area (TPSA) is 46.6 Å². The molecule has 0 saturated heterocycles. The van der Waals surface area contributed by atoms with E-state index < -0.39 is 5.97 Å². The number of ether oxygens (including phenoxy) is 1. The van der Waals surface area contributed by atoms with Crippen molar-refractivity contribution in [2.24, 2.45) is 0 Å². The van der Waals surface area contributed by atoms with E-state index in [2.05, 4.69) is 25.3 Å². The van der Waals surface area contributed by atoms with E-state index in [0.29, 0.717) is 17.8 Å². The maximum absolute atomic E-state index is 11.9. The van der Waals surface area contributed by atoms with Gasteiger partial charge < -0.3 is 9.64 Å². The van der Waals surface area contributed by atoms with E-state index in [1.54, 1.807) is 24.3 Å². The molecule has 0 bridgehead atoms. The molecule has 0 aliphatic heterocycles. The first-order chi connectivity index (χ1) is 10.5. The molecule has 0 atom stereocenters. The number of hydrogen-bond donors (Lipinski definition) is 0. The van der Waals surface area contributed by atoms with Crippen molar-refractivity contribution in [3.8, 4) is 0 Å². The summed E-state index contributed by atoms with van der Waals surface area (Å²) in [5.74, 6) is 0.0143. The van der Waals surface area contributed by atoms with Crippen LogP contribution in [0.15, 0.2) is 48.3 Å². The second-order valence-electron chi connectivity index (χ2n) is 4.69.